The van der Waals surface area contributed by atoms with Crippen molar-refractivity contribution in [2.75, 3.05) is 0 Å². The minimum absolute atomic E-state index is 0.0912. The molecule has 0 spiro atoms. The summed E-state index contributed by atoms with van der Waals surface area (Å²) in [5.74, 6) is 1.94. The molecule has 1 aliphatic heterocycles. The van der Waals surface area contributed by atoms with E-state index >= 15 is 0 Å². The second-order valence-electron chi connectivity index (χ2n) is 6.07. The van der Waals surface area contributed by atoms with Crippen molar-refractivity contribution in [1.82, 2.24) is 0 Å². The molecule has 0 amide bonds. The molecular formula is C19H15AsF6OS. The van der Waals surface area contributed by atoms with Crippen molar-refractivity contribution < 1.29 is 25.5 Å². The third-order valence-electron chi connectivity index (χ3n) is 3.61. The molecular weight excluding hydrogens is 465 g/mol. The number of benzene rings is 3. The van der Waals surface area contributed by atoms with Gasteiger partial charge in [-0.1, -0.05) is 42.0 Å². The van der Waals surface area contributed by atoms with Crippen LogP contribution in [0.4, 0.5) is 20.8 Å². The molecule has 150 valence electrons. The Morgan fingerprint density at radius 2 is 1.04 bits per heavy atom. The van der Waals surface area contributed by atoms with Gasteiger partial charge < -0.3 is 4.74 Å². The molecule has 0 radical (unpaired) electrons. The number of hydrogen-bond donors (Lipinski definition) is 0. The van der Waals surface area contributed by atoms with E-state index in [0.29, 0.717) is 0 Å². The van der Waals surface area contributed by atoms with Crippen LogP contribution in [0, 0.1) is 6.92 Å². The summed E-state index contributed by atoms with van der Waals surface area (Å²) in [5.41, 5.74) is 1.29. The molecule has 0 saturated heterocycles. The zero-order chi connectivity index (χ0) is 20.6. The molecule has 0 atom stereocenters. The Kier molecular flexibility index (Phi) is 4.79. The van der Waals surface area contributed by atoms with E-state index in [1.165, 1.54) is 20.2 Å². The van der Waals surface area contributed by atoms with Crippen LogP contribution in [0.3, 0.4) is 0 Å². The summed E-state index contributed by atoms with van der Waals surface area (Å²) in [6.07, 6.45) is 0. The average molecular weight is 480 g/mol. The van der Waals surface area contributed by atoms with E-state index in [0.717, 1.165) is 11.5 Å². The first-order valence-electron chi connectivity index (χ1n) is 8.01. The first kappa shape index (κ1) is 20.7. The predicted molar refractivity (Wildman–Crippen MR) is 98.7 cm³/mol. The Balaban J connectivity index is 0.000000279. The summed E-state index contributed by atoms with van der Waals surface area (Å²) in [6.45, 7) is 2.12. The number of hydrogen-bond acceptors (Lipinski definition) is 1. The Morgan fingerprint density at radius 1 is 0.643 bits per heavy atom. The van der Waals surface area contributed by atoms with Crippen LogP contribution >= 0.6 is 0 Å². The summed E-state index contributed by atoms with van der Waals surface area (Å²) in [7, 11) is -0.0912. The van der Waals surface area contributed by atoms with E-state index in [9.17, 15) is 20.8 Å². The van der Waals surface area contributed by atoms with Crippen molar-refractivity contribution >= 4 is 25.1 Å². The van der Waals surface area contributed by atoms with E-state index in [2.05, 4.69) is 67.6 Å². The van der Waals surface area contributed by atoms with Crippen molar-refractivity contribution in [2.45, 2.75) is 21.6 Å². The molecule has 0 fully saturated rings. The quantitative estimate of drug-likeness (QED) is 0.157. The third kappa shape index (κ3) is 5.97. The van der Waals surface area contributed by atoms with Crippen LogP contribution in [0.5, 0.6) is 11.5 Å². The second kappa shape index (κ2) is 6.49. The van der Waals surface area contributed by atoms with Gasteiger partial charge in [0.05, 0.1) is 0 Å². The van der Waals surface area contributed by atoms with Crippen LogP contribution in [0.1, 0.15) is 5.56 Å². The Morgan fingerprint density at radius 3 is 1.46 bits per heavy atom. The molecule has 9 heteroatoms. The number of ether oxygens (including phenoxy) is 1. The molecule has 0 aromatic heterocycles. The third-order valence-corrected chi connectivity index (χ3v) is 5.91. The van der Waals surface area contributed by atoms with Gasteiger partial charge in [0.25, 0.3) is 0 Å². The summed E-state index contributed by atoms with van der Waals surface area (Å²) < 4.78 is 65.5. The number of para-hydroxylation sites is 2. The summed E-state index contributed by atoms with van der Waals surface area (Å²) >= 11 is -11.1. The Hall–Kier alpha value is -2.05. The topological polar surface area (TPSA) is 9.23 Å². The monoisotopic (exact) mass is 480 g/mol. The van der Waals surface area contributed by atoms with Crippen molar-refractivity contribution in [3.8, 4) is 11.5 Å². The molecule has 1 aliphatic rings. The van der Waals surface area contributed by atoms with Gasteiger partial charge in [-0.05, 0) is 43.3 Å². The second-order valence-corrected chi connectivity index (χ2v) is 12.1. The Bertz CT molecular complexity index is 947. The van der Waals surface area contributed by atoms with Crippen molar-refractivity contribution in [1.29, 1.82) is 0 Å². The molecule has 4 rings (SSSR count). The SMILES string of the molecule is Cc1ccc([S+]2c3ccccc3Oc3ccccc32)cc1.F[As-](F)(F)(F)(F)F. The molecule has 0 aliphatic carbocycles. The van der Waals surface area contributed by atoms with E-state index < -0.39 is 14.2 Å². The number of aryl methyl sites for hydroxylation is 1. The number of fused-ring (bicyclic) bond motifs is 2. The molecule has 3 aromatic carbocycles. The number of rotatable bonds is 1. The summed E-state index contributed by atoms with van der Waals surface area (Å²) in [4.78, 5) is 3.86. The zero-order valence-corrected chi connectivity index (χ0v) is 17.2. The van der Waals surface area contributed by atoms with Crippen molar-refractivity contribution in [3.05, 3.63) is 78.4 Å². The van der Waals surface area contributed by atoms with E-state index in [1.807, 2.05) is 12.1 Å². The zero-order valence-electron chi connectivity index (χ0n) is 14.5. The van der Waals surface area contributed by atoms with Gasteiger partial charge in [0, 0.05) is 0 Å². The van der Waals surface area contributed by atoms with Crippen molar-refractivity contribution in [3.63, 3.8) is 0 Å². The van der Waals surface area contributed by atoms with Gasteiger partial charge in [0.15, 0.2) is 16.4 Å². The van der Waals surface area contributed by atoms with Gasteiger partial charge in [-0.2, -0.15) is 0 Å². The van der Waals surface area contributed by atoms with E-state index in [1.54, 1.807) is 0 Å². The molecule has 1 nitrogen and oxygen atoms in total. The average Bonchev–Trinajstić information content (AvgIpc) is 2.58. The molecule has 28 heavy (non-hydrogen) atoms. The standard InChI is InChI=1S/C19H15OS.AsF6/c1-14-10-12-15(13-11-14)21-18-8-4-2-6-16(18)20-17-7-3-5-9-19(17)21;2-1(3,4,5,6)7/h2-13H,1H3;/q+1;-1. The minimum atomic E-state index is -11.1. The van der Waals surface area contributed by atoms with Gasteiger partial charge in [-0.25, -0.2) is 0 Å². The van der Waals surface area contributed by atoms with Gasteiger partial charge >= 0.3 is 35.0 Å². The summed E-state index contributed by atoms with van der Waals surface area (Å²) in [5, 5.41) is 0. The molecule has 0 unspecified atom stereocenters. The van der Waals surface area contributed by atoms with Gasteiger partial charge in [0.1, 0.15) is 10.9 Å². The van der Waals surface area contributed by atoms with Crippen LogP contribution in [0.15, 0.2) is 87.5 Å². The molecule has 0 N–H and O–H groups in total. The van der Waals surface area contributed by atoms with Gasteiger partial charge in [0.2, 0.25) is 9.79 Å². The summed E-state index contributed by atoms with van der Waals surface area (Å²) in [6, 6.07) is 25.5. The first-order valence-corrected chi connectivity index (χ1v) is 13.5. The van der Waals surface area contributed by atoms with Crippen LogP contribution in [-0.4, -0.2) is 14.2 Å². The first-order chi connectivity index (χ1) is 12.8. The fraction of sp³-hybridized carbons (Fsp3) is 0.0526. The maximum absolute atomic E-state index is 11.1. The van der Waals surface area contributed by atoms with Crippen LogP contribution in [0.2, 0.25) is 0 Å². The maximum atomic E-state index is 9.91. The normalized spacial score (nSPS) is 15.7. The van der Waals surface area contributed by atoms with E-state index in [4.69, 9.17) is 4.74 Å². The molecule has 0 saturated carbocycles. The molecule has 3 aromatic rings. The molecule has 0 bridgehead atoms. The van der Waals surface area contributed by atoms with Crippen LogP contribution in [-0.2, 0) is 10.9 Å². The predicted octanol–water partition coefficient (Wildman–Crippen LogP) is 7.34. The van der Waals surface area contributed by atoms with Crippen LogP contribution < -0.4 is 4.74 Å². The fourth-order valence-electron chi connectivity index (χ4n) is 2.57. The number of halogens is 6. The fourth-order valence-corrected chi connectivity index (χ4v) is 4.78. The Labute approximate surface area is 162 Å². The van der Waals surface area contributed by atoms with Crippen molar-refractivity contribution in [2.24, 2.45) is 0 Å². The van der Waals surface area contributed by atoms with Gasteiger partial charge in [-0.3, -0.25) is 0 Å². The molecule has 1 heterocycles. The van der Waals surface area contributed by atoms with E-state index in [-0.39, 0.29) is 10.9 Å². The van der Waals surface area contributed by atoms with Gasteiger partial charge in [-0.15, -0.1) is 0 Å². The van der Waals surface area contributed by atoms with Crippen LogP contribution in [0.25, 0.3) is 0 Å².